The van der Waals surface area contributed by atoms with Crippen LogP contribution in [0.25, 0.3) is 32.7 Å². The maximum absolute atomic E-state index is 6.34. The smallest absolute Gasteiger partial charge is 0.153 e. The highest BCUT2D eigenvalue weighted by Crippen LogP contribution is 2.37. The van der Waals surface area contributed by atoms with Crippen LogP contribution in [0.5, 0.6) is 0 Å². The van der Waals surface area contributed by atoms with Crippen molar-refractivity contribution in [3.8, 4) is 0 Å². The molecule has 0 aliphatic rings. The fourth-order valence-electron chi connectivity index (χ4n) is 2.41. The van der Waals surface area contributed by atoms with Gasteiger partial charge in [-0.2, -0.15) is 0 Å². The van der Waals surface area contributed by atoms with Gasteiger partial charge in [-0.25, -0.2) is 0 Å². The lowest BCUT2D eigenvalue weighted by atomic mass is 10.1. The second-order valence-electron chi connectivity index (χ2n) is 4.25. The van der Waals surface area contributed by atoms with Gasteiger partial charge in [0.15, 0.2) is 5.58 Å². The molecule has 4 rings (SSSR count). The minimum atomic E-state index is 0.748. The molecule has 2 nitrogen and oxygen atoms in total. The highest BCUT2D eigenvalue weighted by atomic mass is 35.5. The Balaban J connectivity index is 2.36. The van der Waals surface area contributed by atoms with Gasteiger partial charge in [-0.1, -0.05) is 35.9 Å². The summed E-state index contributed by atoms with van der Waals surface area (Å²) in [6.07, 6.45) is 3.50. The largest absolute Gasteiger partial charge is 0.454 e. The van der Waals surface area contributed by atoms with E-state index >= 15 is 0 Å². The topological polar surface area (TPSA) is 26.0 Å². The average Bonchev–Trinajstić information content (AvgIpc) is 2.78. The number of furan rings is 1. The third-order valence-electron chi connectivity index (χ3n) is 3.23. The lowest BCUT2D eigenvalue weighted by molar-refractivity contribution is 0.670. The molecule has 0 amide bonds. The molecule has 0 saturated carbocycles. The van der Waals surface area contributed by atoms with Gasteiger partial charge < -0.3 is 4.42 Å². The van der Waals surface area contributed by atoms with Gasteiger partial charge in [-0.3, -0.25) is 4.98 Å². The number of benzene rings is 2. The first-order chi connectivity index (χ1) is 8.84. The first kappa shape index (κ1) is 9.92. The Bertz CT molecular complexity index is 895. The van der Waals surface area contributed by atoms with Crippen molar-refractivity contribution in [3.05, 3.63) is 53.8 Å². The van der Waals surface area contributed by atoms with Gasteiger partial charge in [-0.15, -0.1) is 0 Å². The molecule has 2 aromatic heterocycles. The fraction of sp³-hybridized carbons (Fsp3) is 0. The van der Waals surface area contributed by atoms with E-state index in [0.717, 1.165) is 37.7 Å². The normalized spacial score (nSPS) is 11.6. The van der Waals surface area contributed by atoms with E-state index in [1.807, 2.05) is 36.4 Å². The highest BCUT2D eigenvalue weighted by molar-refractivity contribution is 6.38. The number of hydrogen-bond acceptors (Lipinski definition) is 2. The Morgan fingerprint density at radius 2 is 1.78 bits per heavy atom. The van der Waals surface area contributed by atoms with Gasteiger partial charge in [0.1, 0.15) is 5.58 Å². The van der Waals surface area contributed by atoms with Gasteiger partial charge in [0.2, 0.25) is 0 Å². The summed E-state index contributed by atoms with van der Waals surface area (Å²) in [4.78, 5) is 4.08. The number of fused-ring (bicyclic) bond motifs is 5. The Labute approximate surface area is 108 Å². The quantitative estimate of drug-likeness (QED) is 0.450. The molecule has 0 spiro atoms. The highest BCUT2D eigenvalue weighted by Gasteiger charge is 2.12. The van der Waals surface area contributed by atoms with Crippen molar-refractivity contribution in [1.82, 2.24) is 4.98 Å². The van der Waals surface area contributed by atoms with Crippen LogP contribution in [0.2, 0.25) is 5.02 Å². The summed E-state index contributed by atoms with van der Waals surface area (Å²) in [6, 6.07) is 11.9. The first-order valence-electron chi connectivity index (χ1n) is 5.68. The molecule has 18 heavy (non-hydrogen) atoms. The summed E-state index contributed by atoms with van der Waals surface area (Å²) >= 11 is 6.34. The summed E-state index contributed by atoms with van der Waals surface area (Å²) in [7, 11) is 0. The summed E-state index contributed by atoms with van der Waals surface area (Å²) in [5.41, 5.74) is 1.66. The number of halogens is 1. The van der Waals surface area contributed by atoms with Crippen molar-refractivity contribution >= 4 is 44.3 Å². The van der Waals surface area contributed by atoms with Gasteiger partial charge >= 0.3 is 0 Å². The predicted molar refractivity (Wildman–Crippen MR) is 74.0 cm³/mol. The van der Waals surface area contributed by atoms with Gasteiger partial charge in [0.05, 0.1) is 6.20 Å². The average molecular weight is 254 g/mol. The minimum Gasteiger partial charge on any atom is -0.454 e. The molecule has 2 heterocycles. The Hall–Kier alpha value is -2.06. The van der Waals surface area contributed by atoms with Crippen molar-refractivity contribution in [2.24, 2.45) is 0 Å². The number of hydrogen-bond donors (Lipinski definition) is 0. The molecule has 0 aliphatic carbocycles. The summed E-state index contributed by atoms with van der Waals surface area (Å²) in [5.74, 6) is 0. The fourth-order valence-corrected chi connectivity index (χ4v) is 2.68. The van der Waals surface area contributed by atoms with E-state index < -0.39 is 0 Å². The molecule has 3 heteroatoms. The molecule has 0 atom stereocenters. The van der Waals surface area contributed by atoms with Crippen LogP contribution < -0.4 is 0 Å². The lowest BCUT2D eigenvalue weighted by Crippen LogP contribution is -1.75. The van der Waals surface area contributed by atoms with E-state index in [1.165, 1.54) is 0 Å². The van der Waals surface area contributed by atoms with Crippen molar-refractivity contribution < 1.29 is 4.42 Å². The standard InChI is InChI=1S/C15H8ClNO/c16-13-7-12-10-5-6-17-8-14(10)18-15(12)11-4-2-1-3-9(11)13/h1-8H. The molecule has 4 aromatic rings. The van der Waals surface area contributed by atoms with Crippen LogP contribution in [0.3, 0.4) is 0 Å². The molecule has 0 fully saturated rings. The molecule has 2 aromatic carbocycles. The second-order valence-corrected chi connectivity index (χ2v) is 4.66. The minimum absolute atomic E-state index is 0.748. The van der Waals surface area contributed by atoms with Crippen LogP contribution in [0.15, 0.2) is 53.2 Å². The Morgan fingerprint density at radius 1 is 0.944 bits per heavy atom. The third kappa shape index (κ3) is 1.21. The monoisotopic (exact) mass is 253 g/mol. The Kier molecular flexibility index (Phi) is 1.91. The molecule has 86 valence electrons. The molecule has 0 N–H and O–H groups in total. The van der Waals surface area contributed by atoms with Crippen LogP contribution in [-0.2, 0) is 0 Å². The first-order valence-corrected chi connectivity index (χ1v) is 6.06. The molecular weight excluding hydrogens is 246 g/mol. The summed E-state index contributed by atoms with van der Waals surface area (Å²) < 4.78 is 5.90. The van der Waals surface area contributed by atoms with Gasteiger partial charge in [0.25, 0.3) is 0 Å². The molecule has 0 saturated heterocycles. The third-order valence-corrected chi connectivity index (χ3v) is 3.54. The van der Waals surface area contributed by atoms with E-state index in [-0.39, 0.29) is 0 Å². The van der Waals surface area contributed by atoms with Crippen molar-refractivity contribution in [2.75, 3.05) is 0 Å². The second kappa shape index (κ2) is 3.47. The molecular formula is C15H8ClNO. The van der Waals surface area contributed by atoms with Gasteiger partial charge in [0, 0.05) is 32.8 Å². The number of rotatable bonds is 0. The number of aromatic nitrogens is 1. The van der Waals surface area contributed by atoms with E-state index in [1.54, 1.807) is 12.4 Å². The molecule has 0 aliphatic heterocycles. The van der Waals surface area contributed by atoms with E-state index in [2.05, 4.69) is 4.98 Å². The molecule has 0 bridgehead atoms. The maximum Gasteiger partial charge on any atom is 0.153 e. The van der Waals surface area contributed by atoms with Crippen LogP contribution in [0.1, 0.15) is 0 Å². The summed E-state index contributed by atoms with van der Waals surface area (Å²) in [5, 5.41) is 4.89. The van der Waals surface area contributed by atoms with Crippen molar-refractivity contribution in [2.45, 2.75) is 0 Å². The number of pyridine rings is 1. The van der Waals surface area contributed by atoms with E-state index in [4.69, 9.17) is 16.0 Å². The zero-order valence-corrected chi connectivity index (χ0v) is 10.1. The van der Waals surface area contributed by atoms with Gasteiger partial charge in [-0.05, 0) is 12.1 Å². The zero-order valence-electron chi connectivity index (χ0n) is 9.35. The zero-order chi connectivity index (χ0) is 12.1. The molecule has 0 radical (unpaired) electrons. The van der Waals surface area contributed by atoms with E-state index in [9.17, 15) is 0 Å². The predicted octanol–water partition coefficient (Wildman–Crippen LogP) is 4.79. The lowest BCUT2D eigenvalue weighted by Gasteiger charge is -2.00. The van der Waals surface area contributed by atoms with Crippen molar-refractivity contribution in [1.29, 1.82) is 0 Å². The van der Waals surface area contributed by atoms with Crippen LogP contribution >= 0.6 is 11.6 Å². The van der Waals surface area contributed by atoms with Crippen LogP contribution in [-0.4, -0.2) is 4.98 Å². The van der Waals surface area contributed by atoms with Crippen molar-refractivity contribution in [3.63, 3.8) is 0 Å². The maximum atomic E-state index is 6.34. The van der Waals surface area contributed by atoms with Crippen LogP contribution in [0.4, 0.5) is 0 Å². The Morgan fingerprint density at radius 3 is 2.67 bits per heavy atom. The SMILES string of the molecule is Clc1cc2c3ccncc3oc2c2ccccc12. The number of nitrogens with zero attached hydrogens (tertiary/aromatic N) is 1. The van der Waals surface area contributed by atoms with Crippen LogP contribution in [0, 0.1) is 0 Å². The molecule has 0 unspecified atom stereocenters. The van der Waals surface area contributed by atoms with E-state index in [0.29, 0.717) is 0 Å². The summed E-state index contributed by atoms with van der Waals surface area (Å²) in [6.45, 7) is 0.